The molecule has 2 rings (SSSR count). The standard InChI is InChI=1S/C14H14ClN3O/c1-4-10-7-11(5-6-13(10)15)19-14-12(8-16)9(2)17-18(14)3/h5-7H,4H2,1-3H3. The quantitative estimate of drug-likeness (QED) is 0.860. The molecule has 5 heteroatoms. The summed E-state index contributed by atoms with van der Waals surface area (Å²) >= 11 is 6.07. The smallest absolute Gasteiger partial charge is 0.235 e. The molecule has 19 heavy (non-hydrogen) atoms. The topological polar surface area (TPSA) is 50.8 Å². The van der Waals surface area contributed by atoms with Crippen LogP contribution in [0.5, 0.6) is 11.6 Å². The number of nitrogens with zero attached hydrogens (tertiary/aromatic N) is 3. The summed E-state index contributed by atoms with van der Waals surface area (Å²) in [4.78, 5) is 0. The molecular formula is C14H14ClN3O. The van der Waals surface area contributed by atoms with Crippen LogP contribution in [-0.2, 0) is 13.5 Å². The van der Waals surface area contributed by atoms with E-state index in [1.54, 1.807) is 30.8 Å². The van der Waals surface area contributed by atoms with Gasteiger partial charge in [0.25, 0.3) is 0 Å². The van der Waals surface area contributed by atoms with E-state index in [-0.39, 0.29) is 0 Å². The van der Waals surface area contributed by atoms with Gasteiger partial charge in [0.2, 0.25) is 5.88 Å². The van der Waals surface area contributed by atoms with E-state index < -0.39 is 0 Å². The third-order valence-corrected chi connectivity index (χ3v) is 3.26. The SMILES string of the molecule is CCc1cc(Oc2c(C#N)c(C)nn2C)ccc1Cl. The highest BCUT2D eigenvalue weighted by molar-refractivity contribution is 6.31. The van der Waals surface area contributed by atoms with E-state index in [1.165, 1.54) is 0 Å². The molecule has 0 spiro atoms. The number of aryl methyl sites for hydroxylation is 3. The molecule has 1 aromatic heterocycles. The maximum absolute atomic E-state index is 9.13. The van der Waals surface area contributed by atoms with E-state index in [1.807, 2.05) is 13.0 Å². The molecule has 2 aromatic rings. The normalized spacial score (nSPS) is 10.3. The van der Waals surface area contributed by atoms with Gasteiger partial charge in [0.15, 0.2) is 0 Å². The van der Waals surface area contributed by atoms with Crippen molar-refractivity contribution in [3.63, 3.8) is 0 Å². The van der Waals surface area contributed by atoms with Crippen LogP contribution in [0.2, 0.25) is 5.02 Å². The molecule has 0 saturated heterocycles. The summed E-state index contributed by atoms with van der Waals surface area (Å²) in [5.74, 6) is 1.10. The first-order chi connectivity index (χ1) is 9.06. The Morgan fingerprint density at radius 1 is 1.47 bits per heavy atom. The predicted octanol–water partition coefficient (Wildman–Crippen LogP) is 3.61. The molecule has 1 heterocycles. The van der Waals surface area contributed by atoms with E-state index in [4.69, 9.17) is 21.6 Å². The highest BCUT2D eigenvalue weighted by atomic mass is 35.5. The van der Waals surface area contributed by atoms with Gasteiger partial charge >= 0.3 is 0 Å². The average Bonchev–Trinajstić information content (AvgIpc) is 2.66. The van der Waals surface area contributed by atoms with Crippen molar-refractivity contribution in [3.8, 4) is 17.7 Å². The number of nitriles is 1. The van der Waals surface area contributed by atoms with Crippen molar-refractivity contribution in [1.29, 1.82) is 5.26 Å². The summed E-state index contributed by atoms with van der Waals surface area (Å²) in [7, 11) is 1.75. The minimum Gasteiger partial charge on any atom is -0.438 e. The van der Waals surface area contributed by atoms with Gasteiger partial charge in [-0.05, 0) is 37.1 Å². The lowest BCUT2D eigenvalue weighted by atomic mass is 10.1. The van der Waals surface area contributed by atoms with Crippen LogP contribution in [0.25, 0.3) is 0 Å². The molecule has 1 aromatic carbocycles. The van der Waals surface area contributed by atoms with Crippen LogP contribution in [0.15, 0.2) is 18.2 Å². The van der Waals surface area contributed by atoms with E-state index >= 15 is 0 Å². The van der Waals surface area contributed by atoms with Crippen LogP contribution >= 0.6 is 11.6 Å². The van der Waals surface area contributed by atoms with Crippen LogP contribution in [0.3, 0.4) is 0 Å². The van der Waals surface area contributed by atoms with Crippen molar-refractivity contribution in [1.82, 2.24) is 9.78 Å². The van der Waals surface area contributed by atoms with Crippen molar-refractivity contribution in [2.24, 2.45) is 7.05 Å². The first-order valence-corrected chi connectivity index (χ1v) is 6.34. The fraction of sp³-hybridized carbons (Fsp3) is 0.286. The van der Waals surface area contributed by atoms with Gasteiger partial charge in [0.1, 0.15) is 17.4 Å². The molecule has 0 aliphatic heterocycles. The van der Waals surface area contributed by atoms with Gasteiger partial charge in [-0.25, -0.2) is 4.68 Å². The molecule has 4 nitrogen and oxygen atoms in total. The van der Waals surface area contributed by atoms with Crippen molar-refractivity contribution in [3.05, 3.63) is 40.0 Å². The number of rotatable bonds is 3. The molecule has 0 aliphatic rings. The van der Waals surface area contributed by atoms with Crippen LogP contribution in [0.1, 0.15) is 23.7 Å². The Kier molecular flexibility index (Phi) is 3.77. The van der Waals surface area contributed by atoms with Crippen molar-refractivity contribution >= 4 is 11.6 Å². The highest BCUT2D eigenvalue weighted by Crippen LogP contribution is 2.29. The van der Waals surface area contributed by atoms with E-state index in [0.717, 1.165) is 17.0 Å². The lowest BCUT2D eigenvalue weighted by Gasteiger charge is -2.08. The van der Waals surface area contributed by atoms with E-state index in [2.05, 4.69) is 11.2 Å². The predicted molar refractivity (Wildman–Crippen MR) is 73.6 cm³/mol. The van der Waals surface area contributed by atoms with Gasteiger partial charge in [0.05, 0.1) is 5.69 Å². The Morgan fingerprint density at radius 2 is 2.21 bits per heavy atom. The summed E-state index contributed by atoms with van der Waals surface area (Å²) in [6.45, 7) is 3.81. The summed E-state index contributed by atoms with van der Waals surface area (Å²) in [5.41, 5.74) is 2.12. The maximum atomic E-state index is 9.13. The number of benzene rings is 1. The van der Waals surface area contributed by atoms with Crippen molar-refractivity contribution < 1.29 is 4.74 Å². The van der Waals surface area contributed by atoms with E-state index in [0.29, 0.717) is 22.9 Å². The molecule has 0 bridgehead atoms. The number of halogens is 1. The van der Waals surface area contributed by atoms with Gasteiger partial charge in [-0.1, -0.05) is 18.5 Å². The second-order valence-electron chi connectivity index (χ2n) is 4.21. The van der Waals surface area contributed by atoms with Gasteiger partial charge in [-0.15, -0.1) is 0 Å². The number of ether oxygens (including phenoxy) is 1. The lowest BCUT2D eigenvalue weighted by Crippen LogP contribution is -1.96. The fourth-order valence-corrected chi connectivity index (χ4v) is 2.13. The average molecular weight is 276 g/mol. The second-order valence-corrected chi connectivity index (χ2v) is 4.62. The van der Waals surface area contributed by atoms with Crippen molar-refractivity contribution in [2.75, 3.05) is 0 Å². The van der Waals surface area contributed by atoms with Gasteiger partial charge in [0, 0.05) is 12.1 Å². The molecule has 0 aliphatic carbocycles. The van der Waals surface area contributed by atoms with Gasteiger partial charge < -0.3 is 4.74 Å². The maximum Gasteiger partial charge on any atom is 0.235 e. The third kappa shape index (κ3) is 2.56. The fourth-order valence-electron chi connectivity index (χ4n) is 1.88. The minimum absolute atomic E-state index is 0.448. The molecule has 0 radical (unpaired) electrons. The number of hydrogen-bond donors (Lipinski definition) is 0. The Labute approximate surface area is 117 Å². The number of hydrogen-bond acceptors (Lipinski definition) is 3. The minimum atomic E-state index is 0.448. The molecule has 0 amide bonds. The zero-order valence-electron chi connectivity index (χ0n) is 11.1. The zero-order valence-corrected chi connectivity index (χ0v) is 11.8. The summed E-state index contributed by atoms with van der Waals surface area (Å²) in [6, 6.07) is 7.57. The molecule has 0 N–H and O–H groups in total. The molecular weight excluding hydrogens is 262 g/mol. The zero-order chi connectivity index (χ0) is 14.0. The Morgan fingerprint density at radius 3 is 2.84 bits per heavy atom. The van der Waals surface area contributed by atoms with Gasteiger partial charge in [-0.2, -0.15) is 10.4 Å². The van der Waals surface area contributed by atoms with Crippen LogP contribution in [0.4, 0.5) is 0 Å². The van der Waals surface area contributed by atoms with E-state index in [9.17, 15) is 0 Å². The summed E-state index contributed by atoms with van der Waals surface area (Å²) < 4.78 is 7.33. The molecule has 0 fully saturated rings. The first-order valence-electron chi connectivity index (χ1n) is 5.96. The lowest BCUT2D eigenvalue weighted by molar-refractivity contribution is 0.429. The second kappa shape index (κ2) is 5.33. The van der Waals surface area contributed by atoms with Crippen LogP contribution in [0, 0.1) is 18.3 Å². The third-order valence-electron chi connectivity index (χ3n) is 2.89. The van der Waals surface area contributed by atoms with Crippen LogP contribution in [-0.4, -0.2) is 9.78 Å². The largest absolute Gasteiger partial charge is 0.438 e. The monoisotopic (exact) mass is 275 g/mol. The molecule has 98 valence electrons. The number of aromatic nitrogens is 2. The first kappa shape index (κ1) is 13.4. The Balaban J connectivity index is 2.39. The van der Waals surface area contributed by atoms with Crippen molar-refractivity contribution in [2.45, 2.75) is 20.3 Å². The highest BCUT2D eigenvalue weighted by Gasteiger charge is 2.15. The Bertz CT molecular complexity index is 655. The summed E-state index contributed by atoms with van der Waals surface area (Å²) in [5, 5.41) is 14.0. The molecule has 0 atom stereocenters. The van der Waals surface area contributed by atoms with Crippen LogP contribution < -0.4 is 4.74 Å². The molecule has 0 saturated carbocycles. The molecule has 0 unspecified atom stereocenters. The van der Waals surface area contributed by atoms with Gasteiger partial charge in [-0.3, -0.25) is 0 Å². The summed E-state index contributed by atoms with van der Waals surface area (Å²) in [6.07, 6.45) is 0.825. The Hall–Kier alpha value is -1.99.